The summed E-state index contributed by atoms with van der Waals surface area (Å²) in [6, 6.07) is 7.08. The monoisotopic (exact) mass is 232 g/mol. The molecule has 0 aromatic heterocycles. The van der Waals surface area contributed by atoms with E-state index in [1.165, 1.54) is 16.9 Å². The molecule has 1 aromatic rings. The van der Waals surface area contributed by atoms with Gasteiger partial charge in [-0.2, -0.15) is 0 Å². The molecule has 1 N–H and O–H groups in total. The van der Waals surface area contributed by atoms with E-state index in [1.807, 2.05) is 0 Å². The van der Waals surface area contributed by atoms with Gasteiger partial charge in [-0.1, -0.05) is 12.1 Å². The first-order chi connectivity index (χ1) is 8.31. The molecule has 2 unspecified atom stereocenters. The lowest BCUT2D eigenvalue weighted by molar-refractivity contribution is 0.185. The number of para-hydroxylation sites is 1. The van der Waals surface area contributed by atoms with Crippen molar-refractivity contribution < 1.29 is 4.74 Å². The van der Waals surface area contributed by atoms with Crippen molar-refractivity contribution >= 4 is 11.4 Å². The Morgan fingerprint density at radius 2 is 2.29 bits per heavy atom. The van der Waals surface area contributed by atoms with Crippen LogP contribution in [0.15, 0.2) is 18.2 Å². The van der Waals surface area contributed by atoms with E-state index in [9.17, 15) is 0 Å². The smallest absolute Gasteiger partial charge is 0.0674 e. The van der Waals surface area contributed by atoms with Gasteiger partial charge in [0.2, 0.25) is 0 Å². The van der Waals surface area contributed by atoms with Gasteiger partial charge in [-0.25, -0.2) is 0 Å². The molecule has 1 saturated heterocycles. The minimum atomic E-state index is 0.538. The topological polar surface area (TPSA) is 24.5 Å². The number of nitrogens with one attached hydrogen (secondary N) is 1. The number of benzene rings is 1. The van der Waals surface area contributed by atoms with Gasteiger partial charge in [0.05, 0.1) is 30.6 Å². The first-order valence-corrected chi connectivity index (χ1v) is 6.49. The van der Waals surface area contributed by atoms with Crippen molar-refractivity contribution in [2.75, 3.05) is 36.5 Å². The highest BCUT2D eigenvalue weighted by molar-refractivity contribution is 5.74. The molecule has 0 radical (unpaired) electrons. The van der Waals surface area contributed by atoms with Crippen molar-refractivity contribution in [1.82, 2.24) is 0 Å². The Morgan fingerprint density at radius 3 is 3.12 bits per heavy atom. The summed E-state index contributed by atoms with van der Waals surface area (Å²) in [7, 11) is 0. The van der Waals surface area contributed by atoms with Gasteiger partial charge < -0.3 is 15.0 Å². The zero-order chi connectivity index (χ0) is 11.8. The van der Waals surface area contributed by atoms with E-state index >= 15 is 0 Å². The molecule has 2 heterocycles. The molecule has 1 fully saturated rings. The number of likely N-dealkylation sites (N-methyl/N-ethyl adjacent to an activating group) is 1. The Kier molecular flexibility index (Phi) is 2.71. The third kappa shape index (κ3) is 1.69. The summed E-state index contributed by atoms with van der Waals surface area (Å²) in [6.07, 6.45) is 0. The molecule has 0 amide bonds. The van der Waals surface area contributed by atoms with E-state index in [2.05, 4.69) is 42.3 Å². The maximum Gasteiger partial charge on any atom is 0.0674 e. The lowest BCUT2D eigenvalue weighted by Gasteiger charge is -2.31. The van der Waals surface area contributed by atoms with Gasteiger partial charge >= 0.3 is 0 Å². The van der Waals surface area contributed by atoms with Gasteiger partial charge in [-0.15, -0.1) is 0 Å². The van der Waals surface area contributed by atoms with Crippen molar-refractivity contribution in [1.29, 1.82) is 0 Å². The van der Waals surface area contributed by atoms with E-state index in [4.69, 9.17) is 4.74 Å². The van der Waals surface area contributed by atoms with Crippen LogP contribution in [0.5, 0.6) is 0 Å². The zero-order valence-corrected chi connectivity index (χ0v) is 10.6. The average molecular weight is 232 g/mol. The third-order valence-corrected chi connectivity index (χ3v) is 4.01. The lowest BCUT2D eigenvalue weighted by atomic mass is 10.0. The second-order valence-electron chi connectivity index (χ2n) is 5.00. The second kappa shape index (κ2) is 4.22. The Labute approximate surface area is 103 Å². The number of ether oxygens (including phenoxy) is 1. The number of fused-ring (bicyclic) bond motifs is 2. The summed E-state index contributed by atoms with van der Waals surface area (Å²) in [5.74, 6) is 0.613. The number of anilines is 2. The highest BCUT2D eigenvalue weighted by Crippen LogP contribution is 2.36. The van der Waals surface area contributed by atoms with Crippen molar-refractivity contribution in [3.8, 4) is 0 Å². The quantitative estimate of drug-likeness (QED) is 0.804. The van der Waals surface area contributed by atoms with E-state index in [0.717, 1.165) is 26.3 Å². The Bertz CT molecular complexity index is 419. The summed E-state index contributed by atoms with van der Waals surface area (Å²) < 4.78 is 5.64. The molecule has 0 saturated carbocycles. The fourth-order valence-electron chi connectivity index (χ4n) is 3.06. The summed E-state index contributed by atoms with van der Waals surface area (Å²) in [6.45, 7) is 8.24. The van der Waals surface area contributed by atoms with Crippen molar-refractivity contribution in [2.24, 2.45) is 5.92 Å². The van der Waals surface area contributed by atoms with Crippen LogP contribution in [0.25, 0.3) is 0 Å². The number of rotatable bonds is 1. The van der Waals surface area contributed by atoms with Crippen LogP contribution in [-0.4, -0.2) is 32.3 Å². The molecule has 2 aliphatic rings. The molecule has 2 atom stereocenters. The van der Waals surface area contributed by atoms with Gasteiger partial charge in [-0.3, -0.25) is 0 Å². The molecule has 3 nitrogen and oxygen atoms in total. The molecule has 17 heavy (non-hydrogen) atoms. The summed E-state index contributed by atoms with van der Waals surface area (Å²) >= 11 is 0. The number of aryl methyl sites for hydroxylation is 1. The van der Waals surface area contributed by atoms with Crippen LogP contribution in [-0.2, 0) is 4.74 Å². The van der Waals surface area contributed by atoms with Crippen LogP contribution in [0.3, 0.4) is 0 Å². The Hall–Kier alpha value is -1.22. The number of hydrogen-bond acceptors (Lipinski definition) is 3. The van der Waals surface area contributed by atoms with Gasteiger partial charge in [-0.05, 0) is 25.5 Å². The summed E-state index contributed by atoms with van der Waals surface area (Å²) in [5.41, 5.74) is 3.98. The lowest BCUT2D eigenvalue weighted by Crippen LogP contribution is -2.40. The Morgan fingerprint density at radius 1 is 1.41 bits per heavy atom. The van der Waals surface area contributed by atoms with Gasteiger partial charge in [0.1, 0.15) is 0 Å². The van der Waals surface area contributed by atoms with Crippen LogP contribution >= 0.6 is 0 Å². The molecule has 92 valence electrons. The van der Waals surface area contributed by atoms with Crippen LogP contribution in [0.4, 0.5) is 11.4 Å². The van der Waals surface area contributed by atoms with Crippen molar-refractivity contribution in [3.63, 3.8) is 0 Å². The molecule has 1 aromatic carbocycles. The zero-order valence-electron chi connectivity index (χ0n) is 10.6. The SMILES string of the molecule is CCN1c2cccc(C)c2NCC2COCC21. The van der Waals surface area contributed by atoms with E-state index in [-0.39, 0.29) is 0 Å². The molecule has 0 bridgehead atoms. The number of hydrogen-bond donors (Lipinski definition) is 1. The minimum absolute atomic E-state index is 0.538. The third-order valence-electron chi connectivity index (χ3n) is 4.01. The largest absolute Gasteiger partial charge is 0.383 e. The molecule has 0 aliphatic carbocycles. The first-order valence-electron chi connectivity index (χ1n) is 6.49. The molecule has 2 aliphatic heterocycles. The molecular formula is C14H20N2O. The van der Waals surface area contributed by atoms with Crippen LogP contribution in [0.1, 0.15) is 12.5 Å². The minimum Gasteiger partial charge on any atom is -0.383 e. The first kappa shape index (κ1) is 10.9. The van der Waals surface area contributed by atoms with Crippen LogP contribution in [0, 0.1) is 12.8 Å². The van der Waals surface area contributed by atoms with E-state index < -0.39 is 0 Å². The van der Waals surface area contributed by atoms with Crippen LogP contribution < -0.4 is 10.2 Å². The summed E-state index contributed by atoms with van der Waals surface area (Å²) in [4.78, 5) is 2.50. The van der Waals surface area contributed by atoms with Crippen LogP contribution in [0.2, 0.25) is 0 Å². The predicted octanol–water partition coefficient (Wildman–Crippen LogP) is 2.26. The molecule has 3 heteroatoms. The highest BCUT2D eigenvalue weighted by atomic mass is 16.5. The van der Waals surface area contributed by atoms with Crippen molar-refractivity contribution in [2.45, 2.75) is 19.9 Å². The molecular weight excluding hydrogens is 212 g/mol. The predicted molar refractivity (Wildman–Crippen MR) is 70.8 cm³/mol. The average Bonchev–Trinajstić information content (AvgIpc) is 2.72. The second-order valence-corrected chi connectivity index (χ2v) is 5.00. The normalized spacial score (nSPS) is 27.1. The molecule has 3 rings (SSSR count). The van der Waals surface area contributed by atoms with Crippen molar-refractivity contribution in [3.05, 3.63) is 23.8 Å². The number of nitrogens with zero attached hydrogens (tertiary/aromatic N) is 1. The fourth-order valence-corrected chi connectivity index (χ4v) is 3.06. The molecule has 0 spiro atoms. The highest BCUT2D eigenvalue weighted by Gasteiger charge is 2.35. The van der Waals surface area contributed by atoms with Gasteiger partial charge in [0.15, 0.2) is 0 Å². The summed E-state index contributed by atoms with van der Waals surface area (Å²) in [5, 5.41) is 3.61. The maximum atomic E-state index is 5.64. The van der Waals surface area contributed by atoms with E-state index in [1.54, 1.807) is 0 Å². The standard InChI is InChI=1S/C14H20N2O/c1-3-16-12-6-4-5-10(2)14(12)15-7-11-8-17-9-13(11)16/h4-6,11,13,15H,3,7-9H2,1-2H3. The van der Waals surface area contributed by atoms with Gasteiger partial charge in [0.25, 0.3) is 0 Å². The van der Waals surface area contributed by atoms with E-state index in [0.29, 0.717) is 12.0 Å². The maximum absolute atomic E-state index is 5.64. The van der Waals surface area contributed by atoms with Gasteiger partial charge in [0, 0.05) is 19.0 Å². The Balaban J connectivity index is 2.06. The fraction of sp³-hybridized carbons (Fsp3) is 0.571.